The van der Waals surface area contributed by atoms with Crippen LogP contribution in [0.5, 0.6) is 0 Å². The van der Waals surface area contributed by atoms with Crippen molar-refractivity contribution in [2.75, 3.05) is 13.1 Å². The van der Waals surface area contributed by atoms with E-state index < -0.39 is 0 Å². The van der Waals surface area contributed by atoms with Crippen molar-refractivity contribution >= 4 is 6.47 Å². The van der Waals surface area contributed by atoms with E-state index in [0.29, 0.717) is 0 Å². The Kier molecular flexibility index (Phi) is 6.93. The number of aromatic nitrogens is 4. The number of aliphatic hydroxyl groups is 1. The summed E-state index contributed by atoms with van der Waals surface area (Å²) in [5.41, 5.74) is 5.76. The maximum absolute atomic E-state index is 10.4. The van der Waals surface area contributed by atoms with Gasteiger partial charge in [0.05, 0.1) is 17.5 Å². The van der Waals surface area contributed by atoms with Crippen LogP contribution in [-0.2, 0) is 24.3 Å². The molecule has 3 heterocycles. The Morgan fingerprint density at radius 1 is 1.35 bits per heavy atom. The van der Waals surface area contributed by atoms with Gasteiger partial charge in [0.15, 0.2) is 0 Å². The Labute approximate surface area is 153 Å². The zero-order valence-electron chi connectivity index (χ0n) is 15.9. The molecule has 3 rings (SSSR count). The molecular formula is C18H29N5O3. The Morgan fingerprint density at radius 2 is 2.04 bits per heavy atom. The summed E-state index contributed by atoms with van der Waals surface area (Å²) in [6.45, 7) is 11.5. The topological polar surface area (TPSA) is 107 Å². The van der Waals surface area contributed by atoms with E-state index >= 15 is 0 Å². The molecule has 0 amide bonds. The molecule has 1 saturated heterocycles. The number of carboxylic acid groups (broad SMARTS) is 1. The summed E-state index contributed by atoms with van der Waals surface area (Å²) in [6, 6.07) is 2.06. The molecule has 2 atom stereocenters. The summed E-state index contributed by atoms with van der Waals surface area (Å²) in [4.78, 5) is 10.7. The van der Waals surface area contributed by atoms with E-state index in [0.717, 1.165) is 49.7 Å². The van der Waals surface area contributed by atoms with Gasteiger partial charge >= 0.3 is 0 Å². The van der Waals surface area contributed by atoms with Crippen molar-refractivity contribution in [1.29, 1.82) is 0 Å². The first-order chi connectivity index (χ1) is 12.4. The van der Waals surface area contributed by atoms with Crippen LogP contribution in [0.25, 0.3) is 0 Å². The molecule has 0 aromatic carbocycles. The Morgan fingerprint density at radius 3 is 2.58 bits per heavy atom. The minimum absolute atomic E-state index is 0.250. The highest BCUT2D eigenvalue weighted by Crippen LogP contribution is 2.24. The van der Waals surface area contributed by atoms with Crippen molar-refractivity contribution in [3.63, 3.8) is 0 Å². The Hall–Kier alpha value is -2.19. The van der Waals surface area contributed by atoms with Crippen LogP contribution in [0, 0.1) is 26.7 Å². The van der Waals surface area contributed by atoms with Crippen molar-refractivity contribution in [3.8, 4) is 0 Å². The molecule has 2 aromatic rings. The highest BCUT2D eigenvalue weighted by atomic mass is 16.3. The third kappa shape index (κ3) is 4.70. The molecule has 0 bridgehead atoms. The van der Waals surface area contributed by atoms with Crippen molar-refractivity contribution < 1.29 is 15.0 Å². The zero-order valence-corrected chi connectivity index (χ0v) is 15.9. The van der Waals surface area contributed by atoms with E-state index in [4.69, 9.17) is 9.90 Å². The number of β-amino-alcohol motifs (C(OH)–C–C–N with tert-alkyl or cyclic N) is 1. The number of rotatable bonds is 5. The molecule has 0 saturated carbocycles. The average molecular weight is 363 g/mol. The van der Waals surface area contributed by atoms with Crippen molar-refractivity contribution in [3.05, 3.63) is 34.4 Å². The van der Waals surface area contributed by atoms with Crippen LogP contribution >= 0.6 is 0 Å². The number of H-pyrrole nitrogens is 1. The van der Waals surface area contributed by atoms with Crippen LogP contribution in [0.3, 0.4) is 0 Å². The van der Waals surface area contributed by atoms with E-state index in [2.05, 4.69) is 51.7 Å². The van der Waals surface area contributed by atoms with Gasteiger partial charge in [-0.15, -0.1) is 0 Å². The van der Waals surface area contributed by atoms with Crippen LogP contribution in [0.2, 0.25) is 0 Å². The summed E-state index contributed by atoms with van der Waals surface area (Å²) in [7, 11) is 0. The Balaban J connectivity index is 0.000000758. The number of hydrogen-bond donors (Lipinski definition) is 3. The van der Waals surface area contributed by atoms with Crippen LogP contribution in [0.1, 0.15) is 35.3 Å². The summed E-state index contributed by atoms with van der Waals surface area (Å²) < 4.78 is 2.06. The molecule has 3 N–H and O–H groups in total. The van der Waals surface area contributed by atoms with E-state index in [1.165, 1.54) is 11.3 Å². The van der Waals surface area contributed by atoms with Crippen molar-refractivity contribution in [2.24, 2.45) is 5.92 Å². The molecular weight excluding hydrogens is 334 g/mol. The second kappa shape index (κ2) is 8.95. The average Bonchev–Trinajstić information content (AvgIpc) is 3.23. The van der Waals surface area contributed by atoms with E-state index in [1.807, 2.05) is 6.92 Å². The minimum Gasteiger partial charge on any atom is -0.483 e. The first kappa shape index (κ1) is 20.1. The second-order valence-corrected chi connectivity index (χ2v) is 6.84. The fraction of sp³-hybridized carbons (Fsp3) is 0.611. The first-order valence-electron chi connectivity index (χ1n) is 8.91. The monoisotopic (exact) mass is 363 g/mol. The second-order valence-electron chi connectivity index (χ2n) is 6.84. The molecule has 0 aliphatic carbocycles. The number of likely N-dealkylation sites (tertiary alicyclic amines) is 1. The molecule has 2 aromatic heterocycles. The van der Waals surface area contributed by atoms with Gasteiger partial charge in [-0.3, -0.25) is 19.5 Å². The quantitative estimate of drug-likeness (QED) is 0.691. The van der Waals surface area contributed by atoms with Crippen LogP contribution in [0.15, 0.2) is 6.07 Å². The van der Waals surface area contributed by atoms with Crippen LogP contribution in [0.4, 0.5) is 0 Å². The number of hydrogen-bond acceptors (Lipinski definition) is 5. The summed E-state index contributed by atoms with van der Waals surface area (Å²) >= 11 is 0. The summed E-state index contributed by atoms with van der Waals surface area (Å²) in [5, 5.41) is 29.2. The number of nitrogens with zero attached hydrogens (tertiary/aromatic N) is 4. The molecule has 26 heavy (non-hydrogen) atoms. The summed E-state index contributed by atoms with van der Waals surface area (Å²) in [5.74, 6) is 0.250. The van der Waals surface area contributed by atoms with E-state index in [1.54, 1.807) is 0 Å². The van der Waals surface area contributed by atoms with Crippen molar-refractivity contribution in [2.45, 2.75) is 53.3 Å². The van der Waals surface area contributed by atoms with Crippen LogP contribution < -0.4 is 0 Å². The number of aliphatic hydroxyl groups excluding tert-OH is 1. The standard InChI is InChI=1S/C17H27N5O.CH2O2/c1-5-22-13(4)16(12(3)20-22)9-21-8-14(17(23)10-21)7-15-6-11(2)18-19-15;2-1-3/h6,14,17,23H,5,7-10H2,1-4H3,(H,18,19);1H,(H,2,3)/t14-,17-;/m1./s1. The highest BCUT2D eigenvalue weighted by Gasteiger charge is 2.32. The fourth-order valence-electron chi connectivity index (χ4n) is 3.61. The first-order valence-corrected chi connectivity index (χ1v) is 8.91. The smallest absolute Gasteiger partial charge is 0.290 e. The zero-order chi connectivity index (χ0) is 19.3. The van der Waals surface area contributed by atoms with Gasteiger partial charge in [0.2, 0.25) is 0 Å². The maximum atomic E-state index is 10.4. The highest BCUT2D eigenvalue weighted by molar-refractivity contribution is 5.32. The van der Waals surface area contributed by atoms with E-state index in [-0.39, 0.29) is 18.5 Å². The van der Waals surface area contributed by atoms with Gasteiger partial charge in [0.1, 0.15) is 0 Å². The number of aromatic amines is 1. The van der Waals surface area contributed by atoms with Gasteiger partial charge in [-0.1, -0.05) is 0 Å². The maximum Gasteiger partial charge on any atom is 0.290 e. The van der Waals surface area contributed by atoms with Gasteiger partial charge in [-0.25, -0.2) is 0 Å². The SMILES string of the molecule is CCn1nc(C)c(CN2C[C@@H](Cc3cc(C)[nH]n3)[C@H](O)C2)c1C.O=CO. The van der Waals surface area contributed by atoms with Crippen molar-refractivity contribution in [1.82, 2.24) is 24.9 Å². The summed E-state index contributed by atoms with van der Waals surface area (Å²) in [6.07, 6.45) is 0.544. The van der Waals surface area contributed by atoms with Gasteiger partial charge in [-0.2, -0.15) is 10.2 Å². The lowest BCUT2D eigenvalue weighted by Gasteiger charge is -2.15. The van der Waals surface area contributed by atoms with Gasteiger partial charge in [0, 0.05) is 49.0 Å². The number of carbonyl (C=O) groups is 1. The lowest BCUT2D eigenvalue weighted by molar-refractivity contribution is -0.122. The Bertz CT molecular complexity index is 724. The minimum atomic E-state index is -0.283. The number of nitrogens with one attached hydrogen (secondary N) is 1. The molecule has 0 radical (unpaired) electrons. The van der Waals surface area contributed by atoms with Gasteiger partial charge in [-0.05, 0) is 40.2 Å². The van der Waals surface area contributed by atoms with Gasteiger partial charge < -0.3 is 10.2 Å². The predicted octanol–water partition coefficient (Wildman–Crippen LogP) is 1.29. The molecule has 0 spiro atoms. The molecule has 1 fully saturated rings. The third-order valence-electron chi connectivity index (χ3n) is 4.93. The largest absolute Gasteiger partial charge is 0.483 e. The molecule has 144 valence electrons. The molecule has 1 aliphatic heterocycles. The number of aryl methyl sites for hydroxylation is 3. The molecule has 0 unspecified atom stereocenters. The molecule has 8 nitrogen and oxygen atoms in total. The normalized spacial score (nSPS) is 20.0. The molecule has 1 aliphatic rings. The third-order valence-corrected chi connectivity index (χ3v) is 4.93. The van der Waals surface area contributed by atoms with E-state index in [9.17, 15) is 5.11 Å². The van der Waals surface area contributed by atoms with Gasteiger partial charge in [0.25, 0.3) is 6.47 Å². The lowest BCUT2D eigenvalue weighted by atomic mass is 10.0. The predicted molar refractivity (Wildman–Crippen MR) is 97.9 cm³/mol. The molecule has 8 heteroatoms. The lowest BCUT2D eigenvalue weighted by Crippen LogP contribution is -2.22. The van der Waals surface area contributed by atoms with Crippen LogP contribution in [-0.4, -0.2) is 60.8 Å². The fourth-order valence-corrected chi connectivity index (χ4v) is 3.61.